The van der Waals surface area contributed by atoms with Gasteiger partial charge in [-0.3, -0.25) is 9.59 Å². The summed E-state index contributed by atoms with van der Waals surface area (Å²) in [5.74, 6) is -1.08. The molecule has 0 fully saturated rings. The lowest BCUT2D eigenvalue weighted by molar-refractivity contribution is -0.146. The minimum atomic E-state index is -0.604. The maximum Gasteiger partial charge on any atom is 0.336 e. The zero-order valence-corrected chi connectivity index (χ0v) is 13.2. The van der Waals surface area contributed by atoms with Crippen LogP contribution >= 0.6 is 0 Å². The summed E-state index contributed by atoms with van der Waals surface area (Å²) in [6.45, 7) is 0.127. The van der Waals surface area contributed by atoms with Crippen molar-refractivity contribution in [2.24, 2.45) is 0 Å². The van der Waals surface area contributed by atoms with Crippen LogP contribution in [0.25, 0.3) is 11.0 Å². The molecular formula is C19H15NO5. The van der Waals surface area contributed by atoms with E-state index in [1.165, 1.54) is 6.07 Å². The summed E-state index contributed by atoms with van der Waals surface area (Å²) in [5.41, 5.74) is 1.34. The van der Waals surface area contributed by atoms with Crippen LogP contribution in [0.4, 0.5) is 5.69 Å². The van der Waals surface area contributed by atoms with Crippen molar-refractivity contribution in [2.45, 2.75) is 13.0 Å². The van der Waals surface area contributed by atoms with Gasteiger partial charge in [0.2, 0.25) is 5.91 Å². The summed E-state index contributed by atoms with van der Waals surface area (Å²) >= 11 is 0. The van der Waals surface area contributed by atoms with Crippen molar-refractivity contribution in [1.29, 1.82) is 0 Å². The second-order valence-corrected chi connectivity index (χ2v) is 5.38. The molecule has 0 aliphatic rings. The quantitative estimate of drug-likeness (QED) is 0.439. The van der Waals surface area contributed by atoms with Crippen LogP contribution in [0.5, 0.6) is 0 Å². The van der Waals surface area contributed by atoms with Crippen molar-refractivity contribution >= 4 is 28.5 Å². The van der Waals surface area contributed by atoms with E-state index in [2.05, 4.69) is 5.32 Å². The Labute approximate surface area is 143 Å². The number of carbonyl (C=O) groups excluding carboxylic acids is 2. The molecule has 1 amide bonds. The molecule has 0 atom stereocenters. The second kappa shape index (κ2) is 7.44. The standard InChI is InChI=1S/C19H15NO5/c21-17(11-19(23)24-12-13-4-2-1-3-5-13)20-15-7-8-16-14(10-15)6-9-18(22)25-16/h1-10H,11-12H2,(H,20,21). The highest BCUT2D eigenvalue weighted by Crippen LogP contribution is 2.17. The number of hydrogen-bond donors (Lipinski definition) is 1. The zero-order valence-electron chi connectivity index (χ0n) is 13.2. The first kappa shape index (κ1) is 16.4. The Morgan fingerprint density at radius 3 is 2.60 bits per heavy atom. The van der Waals surface area contributed by atoms with Crippen LogP contribution in [-0.4, -0.2) is 11.9 Å². The average Bonchev–Trinajstić information content (AvgIpc) is 2.61. The van der Waals surface area contributed by atoms with E-state index in [-0.39, 0.29) is 13.0 Å². The molecule has 0 saturated carbocycles. The zero-order chi connectivity index (χ0) is 17.6. The highest BCUT2D eigenvalue weighted by atomic mass is 16.5. The number of carbonyl (C=O) groups is 2. The molecule has 3 rings (SSSR count). The molecule has 2 aromatic carbocycles. The molecule has 6 heteroatoms. The summed E-state index contributed by atoms with van der Waals surface area (Å²) < 4.78 is 10.1. The van der Waals surface area contributed by atoms with Gasteiger partial charge in [-0.25, -0.2) is 4.79 Å². The topological polar surface area (TPSA) is 85.6 Å². The van der Waals surface area contributed by atoms with E-state index in [9.17, 15) is 14.4 Å². The highest BCUT2D eigenvalue weighted by Gasteiger charge is 2.11. The fraction of sp³-hybridized carbons (Fsp3) is 0.105. The van der Waals surface area contributed by atoms with Crippen LogP contribution in [0.1, 0.15) is 12.0 Å². The van der Waals surface area contributed by atoms with E-state index in [0.29, 0.717) is 16.7 Å². The lowest BCUT2D eigenvalue weighted by Gasteiger charge is -2.07. The Balaban J connectivity index is 1.56. The fourth-order valence-electron chi connectivity index (χ4n) is 2.27. The Morgan fingerprint density at radius 2 is 1.80 bits per heavy atom. The third kappa shape index (κ3) is 4.54. The van der Waals surface area contributed by atoms with Crippen molar-refractivity contribution in [3.05, 3.63) is 76.6 Å². The fourth-order valence-corrected chi connectivity index (χ4v) is 2.27. The Kier molecular flexibility index (Phi) is 4.89. The molecule has 0 radical (unpaired) electrons. The van der Waals surface area contributed by atoms with Crippen molar-refractivity contribution < 1.29 is 18.7 Å². The molecule has 1 N–H and O–H groups in total. The molecule has 6 nitrogen and oxygen atoms in total. The van der Waals surface area contributed by atoms with Crippen LogP contribution < -0.4 is 10.9 Å². The Morgan fingerprint density at radius 1 is 1.00 bits per heavy atom. The first-order valence-electron chi connectivity index (χ1n) is 7.63. The normalized spacial score (nSPS) is 10.4. The van der Waals surface area contributed by atoms with Gasteiger partial charge < -0.3 is 14.5 Å². The molecule has 3 aromatic rings. The lowest BCUT2D eigenvalue weighted by atomic mass is 10.2. The number of hydrogen-bond acceptors (Lipinski definition) is 5. The molecule has 126 valence electrons. The van der Waals surface area contributed by atoms with Gasteiger partial charge in [0.15, 0.2) is 0 Å². The molecule has 25 heavy (non-hydrogen) atoms. The molecule has 1 heterocycles. The highest BCUT2D eigenvalue weighted by molar-refractivity contribution is 6.02. The van der Waals surface area contributed by atoms with Gasteiger partial charge in [-0.2, -0.15) is 0 Å². The maximum atomic E-state index is 11.9. The van der Waals surface area contributed by atoms with Gasteiger partial charge in [0.25, 0.3) is 0 Å². The van der Waals surface area contributed by atoms with Gasteiger partial charge in [-0.1, -0.05) is 30.3 Å². The van der Waals surface area contributed by atoms with Crippen molar-refractivity contribution in [2.75, 3.05) is 5.32 Å². The van der Waals surface area contributed by atoms with E-state index < -0.39 is 17.5 Å². The molecule has 0 unspecified atom stereocenters. The van der Waals surface area contributed by atoms with E-state index in [1.54, 1.807) is 24.3 Å². The summed E-state index contributed by atoms with van der Waals surface area (Å²) in [6, 6.07) is 17.0. The first-order chi connectivity index (χ1) is 12.1. The number of rotatable bonds is 5. The molecule has 0 aliphatic heterocycles. The molecular weight excluding hydrogens is 322 g/mol. The molecule has 0 saturated heterocycles. The Hall–Kier alpha value is -3.41. The van der Waals surface area contributed by atoms with Gasteiger partial charge in [-0.15, -0.1) is 0 Å². The van der Waals surface area contributed by atoms with E-state index in [1.807, 2.05) is 30.3 Å². The van der Waals surface area contributed by atoms with Gasteiger partial charge in [0.1, 0.15) is 18.6 Å². The SMILES string of the molecule is O=C(CC(=O)OCc1ccccc1)Nc1ccc2oc(=O)ccc2c1. The Bertz CT molecular complexity index is 962. The van der Waals surface area contributed by atoms with Crippen molar-refractivity contribution in [3.8, 4) is 0 Å². The maximum absolute atomic E-state index is 11.9. The van der Waals surface area contributed by atoms with E-state index >= 15 is 0 Å². The van der Waals surface area contributed by atoms with Crippen LogP contribution in [0.3, 0.4) is 0 Å². The lowest BCUT2D eigenvalue weighted by Crippen LogP contribution is -2.18. The second-order valence-electron chi connectivity index (χ2n) is 5.38. The number of benzene rings is 2. The summed E-state index contributed by atoms with van der Waals surface area (Å²) in [7, 11) is 0. The van der Waals surface area contributed by atoms with Crippen LogP contribution in [0.2, 0.25) is 0 Å². The predicted molar refractivity (Wildman–Crippen MR) is 92.0 cm³/mol. The summed E-state index contributed by atoms with van der Waals surface area (Å²) in [4.78, 5) is 34.8. The monoisotopic (exact) mass is 337 g/mol. The van der Waals surface area contributed by atoms with Gasteiger partial charge >= 0.3 is 11.6 Å². The molecule has 0 aliphatic carbocycles. The number of nitrogens with one attached hydrogen (secondary N) is 1. The first-order valence-corrected chi connectivity index (χ1v) is 7.63. The van der Waals surface area contributed by atoms with Gasteiger partial charge in [0, 0.05) is 17.1 Å². The molecule has 0 bridgehead atoms. The van der Waals surface area contributed by atoms with Gasteiger partial charge in [-0.05, 0) is 29.8 Å². The van der Waals surface area contributed by atoms with Crippen LogP contribution in [-0.2, 0) is 20.9 Å². The number of anilines is 1. The number of amides is 1. The number of ether oxygens (including phenoxy) is 1. The third-order valence-corrected chi connectivity index (χ3v) is 3.45. The number of fused-ring (bicyclic) bond motifs is 1. The van der Waals surface area contributed by atoms with Crippen LogP contribution in [0.15, 0.2) is 69.9 Å². The molecule has 1 aromatic heterocycles. The van der Waals surface area contributed by atoms with Crippen molar-refractivity contribution in [3.63, 3.8) is 0 Å². The molecule has 0 spiro atoms. The third-order valence-electron chi connectivity index (χ3n) is 3.45. The largest absolute Gasteiger partial charge is 0.460 e. The number of esters is 1. The minimum absolute atomic E-state index is 0.127. The van der Waals surface area contributed by atoms with Crippen LogP contribution in [0, 0.1) is 0 Å². The minimum Gasteiger partial charge on any atom is -0.460 e. The predicted octanol–water partition coefficient (Wildman–Crippen LogP) is 2.87. The smallest absolute Gasteiger partial charge is 0.336 e. The summed E-state index contributed by atoms with van der Waals surface area (Å²) in [6.07, 6.45) is -0.380. The van der Waals surface area contributed by atoms with Crippen molar-refractivity contribution in [1.82, 2.24) is 0 Å². The summed E-state index contributed by atoms with van der Waals surface area (Å²) in [5, 5.41) is 3.29. The average molecular weight is 337 g/mol. The van der Waals surface area contributed by atoms with E-state index in [0.717, 1.165) is 5.56 Å². The van der Waals surface area contributed by atoms with Gasteiger partial charge in [0.05, 0.1) is 0 Å². The van der Waals surface area contributed by atoms with E-state index in [4.69, 9.17) is 9.15 Å².